The van der Waals surface area contributed by atoms with E-state index in [0.29, 0.717) is 0 Å². The maximum absolute atomic E-state index is 12.5. The van der Waals surface area contributed by atoms with Crippen molar-refractivity contribution in [2.24, 2.45) is 0 Å². The van der Waals surface area contributed by atoms with Crippen LogP contribution in [0.15, 0.2) is 85.5 Å². The first-order valence-electron chi connectivity index (χ1n) is 10.9. The van der Waals surface area contributed by atoms with Crippen molar-refractivity contribution in [1.29, 1.82) is 0 Å². The van der Waals surface area contributed by atoms with Gasteiger partial charge in [0.1, 0.15) is 25.3 Å². The lowest BCUT2D eigenvalue weighted by Crippen LogP contribution is -2.42. The highest BCUT2D eigenvalue weighted by Gasteiger charge is 2.29. The molecule has 1 amide bonds. The number of alkyl carbamates (subject to hydrolysis) is 1. The second-order valence-electron chi connectivity index (χ2n) is 8.07. The third-order valence-corrected chi connectivity index (χ3v) is 5.99. The van der Waals surface area contributed by atoms with E-state index in [1.807, 2.05) is 48.5 Å². The fraction of sp³-hybridized carbons (Fsp3) is 0.154. The zero-order chi connectivity index (χ0) is 23.5. The quantitative estimate of drug-likeness (QED) is 0.440. The molecule has 8 heteroatoms. The summed E-state index contributed by atoms with van der Waals surface area (Å²) >= 11 is 0. The molecule has 0 bridgehead atoms. The van der Waals surface area contributed by atoms with Crippen LogP contribution >= 0.6 is 0 Å². The fourth-order valence-electron chi connectivity index (χ4n) is 4.34. The van der Waals surface area contributed by atoms with E-state index in [4.69, 9.17) is 4.74 Å². The Bertz CT molecular complexity index is 1270. The number of carbonyl (C=O) groups is 2. The number of hydrogen-bond acceptors (Lipinski definition) is 5. The maximum Gasteiger partial charge on any atom is 0.407 e. The van der Waals surface area contributed by atoms with E-state index in [1.165, 1.54) is 6.33 Å². The molecule has 1 aliphatic rings. The van der Waals surface area contributed by atoms with Crippen LogP contribution in [0.1, 0.15) is 22.6 Å². The van der Waals surface area contributed by atoms with E-state index < -0.39 is 18.1 Å². The average Bonchev–Trinajstić information content (AvgIpc) is 3.50. The molecule has 34 heavy (non-hydrogen) atoms. The van der Waals surface area contributed by atoms with Crippen molar-refractivity contribution >= 4 is 12.1 Å². The predicted molar refractivity (Wildman–Crippen MR) is 125 cm³/mol. The average molecular weight is 454 g/mol. The second-order valence-corrected chi connectivity index (χ2v) is 8.07. The summed E-state index contributed by atoms with van der Waals surface area (Å²) in [5, 5.41) is 16.2. The first-order valence-corrected chi connectivity index (χ1v) is 10.9. The topological polar surface area (TPSA) is 106 Å². The molecule has 4 aromatic rings. The van der Waals surface area contributed by atoms with Crippen molar-refractivity contribution in [3.05, 3.63) is 102 Å². The van der Waals surface area contributed by atoms with Crippen molar-refractivity contribution in [3.8, 4) is 16.8 Å². The first-order chi connectivity index (χ1) is 16.6. The molecule has 0 spiro atoms. The number of fused-ring (bicyclic) bond motifs is 3. The van der Waals surface area contributed by atoms with E-state index in [-0.39, 0.29) is 18.9 Å². The number of carbonyl (C=O) groups excluding carboxylic acids is 1. The number of carboxylic acid groups (broad SMARTS) is 1. The number of rotatable bonds is 7. The highest BCUT2D eigenvalue weighted by atomic mass is 16.5. The SMILES string of the molecule is O=C(NC(Cc1ccc(-n2cncn2)cc1)C(=O)O)OCC1c2ccccc2-c2ccccc21. The molecule has 0 radical (unpaired) electrons. The maximum atomic E-state index is 12.5. The third-order valence-electron chi connectivity index (χ3n) is 5.99. The molecule has 0 fully saturated rings. The Morgan fingerprint density at radius 2 is 1.62 bits per heavy atom. The normalized spacial score (nSPS) is 13.1. The molecular weight excluding hydrogens is 432 g/mol. The molecule has 0 aliphatic heterocycles. The first kappa shape index (κ1) is 21.4. The van der Waals surface area contributed by atoms with Gasteiger partial charge in [-0.25, -0.2) is 19.3 Å². The monoisotopic (exact) mass is 454 g/mol. The van der Waals surface area contributed by atoms with Gasteiger partial charge in [-0.15, -0.1) is 0 Å². The molecule has 8 nitrogen and oxygen atoms in total. The van der Waals surface area contributed by atoms with Crippen LogP contribution in [-0.4, -0.2) is 44.6 Å². The number of nitrogens with one attached hydrogen (secondary N) is 1. The number of carboxylic acids is 1. The van der Waals surface area contributed by atoms with Gasteiger partial charge in [0.2, 0.25) is 0 Å². The molecule has 1 aliphatic carbocycles. The highest BCUT2D eigenvalue weighted by molar-refractivity contribution is 5.81. The van der Waals surface area contributed by atoms with E-state index in [1.54, 1.807) is 23.1 Å². The Labute approximate surface area is 195 Å². The summed E-state index contributed by atoms with van der Waals surface area (Å²) in [6.45, 7) is 0.124. The minimum atomic E-state index is -1.13. The number of ether oxygens (including phenoxy) is 1. The molecule has 170 valence electrons. The Hall–Kier alpha value is -4.46. The summed E-state index contributed by atoms with van der Waals surface area (Å²) in [6.07, 6.45) is 2.38. The van der Waals surface area contributed by atoms with E-state index in [0.717, 1.165) is 33.5 Å². The molecule has 1 atom stereocenters. The van der Waals surface area contributed by atoms with Crippen LogP contribution in [-0.2, 0) is 16.0 Å². The number of aromatic nitrogens is 3. The summed E-state index contributed by atoms with van der Waals surface area (Å²) in [5.74, 6) is -1.22. The van der Waals surface area contributed by atoms with Crippen LogP contribution in [0.4, 0.5) is 4.79 Å². The summed E-state index contributed by atoms with van der Waals surface area (Å²) in [5.41, 5.74) is 6.01. The summed E-state index contributed by atoms with van der Waals surface area (Å²) < 4.78 is 7.10. The minimum absolute atomic E-state index is 0.0919. The summed E-state index contributed by atoms with van der Waals surface area (Å²) in [4.78, 5) is 28.2. The summed E-state index contributed by atoms with van der Waals surface area (Å²) in [7, 11) is 0. The minimum Gasteiger partial charge on any atom is -0.480 e. The lowest BCUT2D eigenvalue weighted by Gasteiger charge is -2.17. The van der Waals surface area contributed by atoms with Gasteiger partial charge in [-0.3, -0.25) is 0 Å². The van der Waals surface area contributed by atoms with Crippen molar-refractivity contribution in [2.45, 2.75) is 18.4 Å². The van der Waals surface area contributed by atoms with E-state index in [9.17, 15) is 14.7 Å². The van der Waals surface area contributed by atoms with Gasteiger partial charge in [0, 0.05) is 12.3 Å². The third kappa shape index (κ3) is 4.25. The van der Waals surface area contributed by atoms with Gasteiger partial charge in [0.15, 0.2) is 0 Å². The van der Waals surface area contributed by atoms with E-state index >= 15 is 0 Å². The van der Waals surface area contributed by atoms with E-state index in [2.05, 4.69) is 27.5 Å². The molecule has 0 saturated heterocycles. The number of benzene rings is 3. The van der Waals surface area contributed by atoms with Gasteiger partial charge in [0.25, 0.3) is 0 Å². The number of hydrogen-bond donors (Lipinski definition) is 2. The number of aliphatic carboxylic acids is 1. The summed E-state index contributed by atoms with van der Waals surface area (Å²) in [6, 6.07) is 22.2. The largest absolute Gasteiger partial charge is 0.480 e. The zero-order valence-electron chi connectivity index (χ0n) is 18.2. The Morgan fingerprint density at radius 3 is 2.21 bits per heavy atom. The lowest BCUT2D eigenvalue weighted by atomic mass is 9.98. The van der Waals surface area contributed by atoms with Crippen LogP contribution in [0, 0.1) is 0 Å². The second kappa shape index (κ2) is 9.19. The van der Waals surface area contributed by atoms with Crippen LogP contribution in [0.2, 0.25) is 0 Å². The van der Waals surface area contributed by atoms with Crippen molar-refractivity contribution < 1.29 is 19.4 Å². The lowest BCUT2D eigenvalue weighted by molar-refractivity contribution is -0.139. The van der Waals surface area contributed by atoms with Crippen LogP contribution in [0.3, 0.4) is 0 Å². The van der Waals surface area contributed by atoms with Gasteiger partial charge in [-0.2, -0.15) is 5.10 Å². The molecule has 2 N–H and O–H groups in total. The molecule has 1 aromatic heterocycles. The molecule has 1 unspecified atom stereocenters. The Balaban J connectivity index is 1.23. The zero-order valence-corrected chi connectivity index (χ0v) is 18.2. The van der Waals surface area contributed by atoms with Gasteiger partial charge in [-0.1, -0.05) is 60.7 Å². The number of amides is 1. The van der Waals surface area contributed by atoms with Gasteiger partial charge < -0.3 is 15.2 Å². The van der Waals surface area contributed by atoms with Crippen molar-refractivity contribution in [1.82, 2.24) is 20.1 Å². The van der Waals surface area contributed by atoms with Crippen LogP contribution in [0.25, 0.3) is 16.8 Å². The van der Waals surface area contributed by atoms with Gasteiger partial charge >= 0.3 is 12.1 Å². The predicted octanol–water partition coefficient (Wildman–Crippen LogP) is 3.80. The van der Waals surface area contributed by atoms with Crippen LogP contribution < -0.4 is 5.32 Å². The molecular formula is C26H22N4O4. The fourth-order valence-corrected chi connectivity index (χ4v) is 4.34. The highest BCUT2D eigenvalue weighted by Crippen LogP contribution is 2.44. The molecule has 1 heterocycles. The molecule has 3 aromatic carbocycles. The van der Waals surface area contributed by atoms with Gasteiger partial charge in [0.05, 0.1) is 5.69 Å². The Morgan fingerprint density at radius 1 is 0.971 bits per heavy atom. The van der Waals surface area contributed by atoms with Gasteiger partial charge in [-0.05, 0) is 39.9 Å². The van der Waals surface area contributed by atoms with Crippen molar-refractivity contribution in [2.75, 3.05) is 6.61 Å². The molecule has 0 saturated carbocycles. The van der Waals surface area contributed by atoms with Crippen LogP contribution in [0.5, 0.6) is 0 Å². The Kier molecular flexibility index (Phi) is 5.78. The molecule has 5 rings (SSSR count). The standard InChI is InChI=1S/C26H22N4O4/c31-25(32)24(13-17-9-11-18(12-10-17)30-16-27-15-28-30)29-26(33)34-14-23-21-7-3-1-5-19(21)20-6-2-4-8-22(20)23/h1-12,15-16,23-24H,13-14H2,(H,29,33)(H,31,32). The smallest absolute Gasteiger partial charge is 0.407 e. The number of nitrogens with zero attached hydrogens (tertiary/aromatic N) is 3. The van der Waals surface area contributed by atoms with Crippen molar-refractivity contribution in [3.63, 3.8) is 0 Å².